The van der Waals surface area contributed by atoms with E-state index in [-0.39, 0.29) is 11.8 Å². The van der Waals surface area contributed by atoms with Crippen LogP contribution in [0.25, 0.3) is 0 Å². The van der Waals surface area contributed by atoms with Crippen molar-refractivity contribution < 1.29 is 9.59 Å². The third kappa shape index (κ3) is 1.82. The minimum atomic E-state index is -0.633. The maximum atomic E-state index is 12.7. The molecule has 100 valence electrons. The van der Waals surface area contributed by atoms with E-state index < -0.39 is 5.54 Å². The number of nitrogens with one attached hydrogen (secondary N) is 1. The maximum Gasteiger partial charge on any atom is 0.248 e. The molecule has 1 saturated heterocycles. The summed E-state index contributed by atoms with van der Waals surface area (Å²) in [5.41, 5.74) is -0.633. The molecule has 1 aliphatic heterocycles. The largest absolute Gasteiger partial charge is 0.342 e. The number of carbonyl (C=O) groups excluding carboxylic acids is 2. The average molecular weight is 250 g/mol. The Bertz CT molecular complexity index is 385. The van der Waals surface area contributed by atoms with E-state index in [9.17, 15) is 9.59 Å². The first-order valence-corrected chi connectivity index (χ1v) is 7.13. The van der Waals surface area contributed by atoms with Gasteiger partial charge in [-0.25, -0.2) is 0 Å². The Morgan fingerprint density at radius 1 is 1.28 bits per heavy atom. The fourth-order valence-corrected chi connectivity index (χ4v) is 3.43. The summed E-state index contributed by atoms with van der Waals surface area (Å²) in [7, 11) is 0. The molecule has 2 saturated carbocycles. The van der Waals surface area contributed by atoms with Crippen LogP contribution in [0, 0.1) is 11.8 Å². The van der Waals surface area contributed by atoms with Crippen molar-refractivity contribution in [1.82, 2.24) is 10.2 Å². The van der Waals surface area contributed by atoms with Crippen LogP contribution in [0.1, 0.15) is 46.0 Å². The van der Waals surface area contributed by atoms with Crippen molar-refractivity contribution in [2.24, 2.45) is 11.8 Å². The zero-order valence-electron chi connectivity index (χ0n) is 11.2. The molecule has 0 aromatic heterocycles. The predicted molar refractivity (Wildman–Crippen MR) is 67.8 cm³/mol. The highest BCUT2D eigenvalue weighted by Crippen LogP contribution is 2.43. The van der Waals surface area contributed by atoms with Crippen LogP contribution in [0.5, 0.6) is 0 Å². The van der Waals surface area contributed by atoms with Crippen molar-refractivity contribution in [3.63, 3.8) is 0 Å². The van der Waals surface area contributed by atoms with E-state index in [1.54, 1.807) is 0 Å². The number of hydrogen-bond acceptors (Lipinski definition) is 2. The summed E-state index contributed by atoms with van der Waals surface area (Å²) in [6.07, 6.45) is 4.79. The standard InChI is InChI=1S/C14H22N2O2/c1-9-7-11(8-9)16-6-5-12(17)15-14(2,13(16)18)10-3-4-10/h9-11H,3-8H2,1-2H3,(H,15,17). The van der Waals surface area contributed by atoms with Gasteiger partial charge in [0.25, 0.3) is 0 Å². The van der Waals surface area contributed by atoms with E-state index in [1.165, 1.54) is 0 Å². The van der Waals surface area contributed by atoms with Gasteiger partial charge in [0.1, 0.15) is 5.54 Å². The van der Waals surface area contributed by atoms with Gasteiger partial charge in [-0.2, -0.15) is 0 Å². The van der Waals surface area contributed by atoms with Crippen LogP contribution in [0.2, 0.25) is 0 Å². The van der Waals surface area contributed by atoms with Crippen LogP contribution < -0.4 is 5.32 Å². The van der Waals surface area contributed by atoms with Gasteiger partial charge in [-0.15, -0.1) is 0 Å². The minimum absolute atomic E-state index is 0.0348. The Morgan fingerprint density at radius 3 is 2.50 bits per heavy atom. The van der Waals surface area contributed by atoms with Gasteiger partial charge < -0.3 is 10.2 Å². The van der Waals surface area contributed by atoms with Gasteiger partial charge in [0, 0.05) is 19.0 Å². The van der Waals surface area contributed by atoms with Gasteiger partial charge in [-0.1, -0.05) is 6.92 Å². The highest BCUT2D eigenvalue weighted by atomic mass is 16.2. The summed E-state index contributed by atoms with van der Waals surface area (Å²) >= 11 is 0. The minimum Gasteiger partial charge on any atom is -0.342 e. The fraction of sp³-hybridized carbons (Fsp3) is 0.857. The average Bonchev–Trinajstić information content (AvgIpc) is 3.08. The van der Waals surface area contributed by atoms with Gasteiger partial charge in [-0.05, 0) is 44.4 Å². The smallest absolute Gasteiger partial charge is 0.248 e. The summed E-state index contributed by atoms with van der Waals surface area (Å²) in [5, 5.41) is 2.98. The van der Waals surface area contributed by atoms with Gasteiger partial charge >= 0.3 is 0 Å². The Balaban J connectivity index is 1.82. The summed E-state index contributed by atoms with van der Waals surface area (Å²) < 4.78 is 0. The number of rotatable bonds is 2. The fourth-order valence-electron chi connectivity index (χ4n) is 3.43. The molecule has 1 N–H and O–H groups in total. The Kier molecular flexibility index (Phi) is 2.65. The van der Waals surface area contributed by atoms with E-state index in [0.29, 0.717) is 24.9 Å². The van der Waals surface area contributed by atoms with Crippen LogP contribution in [0.3, 0.4) is 0 Å². The SMILES string of the molecule is CC1CC(N2CCC(=O)NC(C)(C3CC3)C2=O)C1. The van der Waals surface area contributed by atoms with Crippen LogP contribution in [-0.2, 0) is 9.59 Å². The number of nitrogens with zero attached hydrogens (tertiary/aromatic N) is 1. The van der Waals surface area contributed by atoms with E-state index in [2.05, 4.69) is 12.2 Å². The molecule has 0 aromatic rings. The van der Waals surface area contributed by atoms with E-state index in [4.69, 9.17) is 0 Å². The molecule has 0 bridgehead atoms. The summed E-state index contributed by atoms with van der Waals surface area (Å²) in [5.74, 6) is 1.27. The molecule has 4 nitrogen and oxygen atoms in total. The second-order valence-corrected chi connectivity index (χ2v) is 6.50. The van der Waals surface area contributed by atoms with Gasteiger partial charge in [0.05, 0.1) is 0 Å². The van der Waals surface area contributed by atoms with Crippen molar-refractivity contribution in [3.05, 3.63) is 0 Å². The molecule has 1 atom stereocenters. The molecule has 3 fully saturated rings. The van der Waals surface area contributed by atoms with Crippen LogP contribution in [0.4, 0.5) is 0 Å². The zero-order valence-corrected chi connectivity index (χ0v) is 11.2. The molecule has 3 rings (SSSR count). The second kappa shape index (κ2) is 3.97. The molecule has 4 heteroatoms. The third-order valence-corrected chi connectivity index (χ3v) is 4.87. The molecule has 1 heterocycles. The number of carbonyl (C=O) groups is 2. The third-order valence-electron chi connectivity index (χ3n) is 4.87. The molecular weight excluding hydrogens is 228 g/mol. The van der Waals surface area contributed by atoms with Crippen LogP contribution >= 0.6 is 0 Å². The molecule has 3 aliphatic rings. The van der Waals surface area contributed by atoms with E-state index >= 15 is 0 Å². The summed E-state index contributed by atoms with van der Waals surface area (Å²) in [6, 6.07) is 0.373. The monoisotopic (exact) mass is 250 g/mol. The first-order valence-electron chi connectivity index (χ1n) is 7.13. The molecule has 1 unspecified atom stereocenters. The van der Waals surface area contributed by atoms with Crippen LogP contribution in [0.15, 0.2) is 0 Å². The molecular formula is C14H22N2O2. The van der Waals surface area contributed by atoms with Gasteiger partial charge in [0.2, 0.25) is 11.8 Å². The molecule has 2 aliphatic carbocycles. The normalized spacial score (nSPS) is 41.1. The Morgan fingerprint density at radius 2 is 1.94 bits per heavy atom. The van der Waals surface area contributed by atoms with Gasteiger partial charge in [0.15, 0.2) is 0 Å². The maximum absolute atomic E-state index is 12.7. The molecule has 18 heavy (non-hydrogen) atoms. The lowest BCUT2D eigenvalue weighted by molar-refractivity contribution is -0.143. The second-order valence-electron chi connectivity index (χ2n) is 6.50. The van der Waals surface area contributed by atoms with Crippen molar-refractivity contribution >= 4 is 11.8 Å². The lowest BCUT2D eigenvalue weighted by atomic mass is 9.80. The van der Waals surface area contributed by atoms with Crippen LogP contribution in [-0.4, -0.2) is 34.8 Å². The lowest BCUT2D eigenvalue weighted by Gasteiger charge is -2.43. The molecule has 0 spiro atoms. The molecule has 2 amide bonds. The first kappa shape index (κ1) is 12.0. The highest BCUT2D eigenvalue weighted by Gasteiger charge is 2.52. The summed E-state index contributed by atoms with van der Waals surface area (Å²) in [4.78, 5) is 26.6. The topological polar surface area (TPSA) is 49.4 Å². The lowest BCUT2D eigenvalue weighted by Crippen LogP contribution is -2.59. The molecule has 0 aromatic carbocycles. The van der Waals surface area contributed by atoms with Crippen molar-refractivity contribution in [1.29, 1.82) is 0 Å². The van der Waals surface area contributed by atoms with Crippen molar-refractivity contribution in [3.8, 4) is 0 Å². The summed E-state index contributed by atoms with van der Waals surface area (Å²) in [6.45, 7) is 4.75. The van der Waals surface area contributed by atoms with Crippen molar-refractivity contribution in [2.45, 2.75) is 57.5 Å². The quantitative estimate of drug-likeness (QED) is 0.803. The predicted octanol–water partition coefficient (Wildman–Crippen LogP) is 1.30. The van der Waals surface area contributed by atoms with Crippen molar-refractivity contribution in [2.75, 3.05) is 6.54 Å². The number of hydrogen-bond donors (Lipinski definition) is 1. The molecule has 0 radical (unpaired) electrons. The van der Waals surface area contributed by atoms with E-state index in [1.807, 2.05) is 11.8 Å². The number of amides is 2. The first-order chi connectivity index (χ1) is 8.50. The Labute approximate surface area is 108 Å². The highest BCUT2D eigenvalue weighted by molar-refractivity contribution is 5.94. The van der Waals surface area contributed by atoms with Gasteiger partial charge in [-0.3, -0.25) is 9.59 Å². The zero-order chi connectivity index (χ0) is 12.9. The Hall–Kier alpha value is -1.06. The van der Waals surface area contributed by atoms with E-state index in [0.717, 1.165) is 31.6 Å².